The molecule has 1 saturated heterocycles. The molecule has 1 atom stereocenters. The SMILES string of the molecule is COC(=O)c1[nH]ncc1N1CC(CO)CC1=O. The van der Waals surface area contributed by atoms with Gasteiger partial charge in [0.25, 0.3) is 0 Å². The summed E-state index contributed by atoms with van der Waals surface area (Å²) >= 11 is 0. The number of H-pyrrole nitrogens is 1. The van der Waals surface area contributed by atoms with Crippen LogP contribution in [0.5, 0.6) is 0 Å². The van der Waals surface area contributed by atoms with E-state index in [4.69, 9.17) is 5.11 Å². The zero-order valence-electron chi connectivity index (χ0n) is 9.34. The molecule has 2 N–H and O–H groups in total. The van der Waals surface area contributed by atoms with Gasteiger partial charge in [0.2, 0.25) is 5.91 Å². The first-order chi connectivity index (χ1) is 8.17. The fourth-order valence-electron chi connectivity index (χ4n) is 1.87. The number of rotatable bonds is 3. The molecule has 7 heteroatoms. The summed E-state index contributed by atoms with van der Waals surface area (Å²) in [6, 6.07) is 0. The predicted molar refractivity (Wildman–Crippen MR) is 57.5 cm³/mol. The molecule has 0 bridgehead atoms. The first-order valence-electron chi connectivity index (χ1n) is 5.20. The number of amides is 1. The van der Waals surface area contributed by atoms with Crippen molar-refractivity contribution in [3.8, 4) is 0 Å². The summed E-state index contributed by atoms with van der Waals surface area (Å²) in [6.07, 6.45) is 1.69. The van der Waals surface area contributed by atoms with Gasteiger partial charge in [-0.2, -0.15) is 5.10 Å². The zero-order valence-corrected chi connectivity index (χ0v) is 9.34. The average Bonchev–Trinajstić information content (AvgIpc) is 2.93. The number of hydrogen-bond donors (Lipinski definition) is 2. The van der Waals surface area contributed by atoms with Gasteiger partial charge in [-0.05, 0) is 0 Å². The van der Waals surface area contributed by atoms with Crippen LogP contribution in [0.3, 0.4) is 0 Å². The summed E-state index contributed by atoms with van der Waals surface area (Å²) in [5.41, 5.74) is 0.553. The van der Waals surface area contributed by atoms with Crippen molar-refractivity contribution in [2.24, 2.45) is 5.92 Å². The molecule has 0 aliphatic carbocycles. The largest absolute Gasteiger partial charge is 0.464 e. The summed E-state index contributed by atoms with van der Waals surface area (Å²) in [6.45, 7) is 0.340. The molecule has 1 aliphatic rings. The maximum absolute atomic E-state index is 11.7. The van der Waals surface area contributed by atoms with Gasteiger partial charge in [0.15, 0.2) is 5.69 Å². The Morgan fingerprint density at radius 3 is 3.12 bits per heavy atom. The Labute approximate surface area is 97.4 Å². The molecule has 92 valence electrons. The summed E-state index contributed by atoms with van der Waals surface area (Å²) in [5.74, 6) is -0.795. The lowest BCUT2D eigenvalue weighted by atomic mass is 10.1. The van der Waals surface area contributed by atoms with Gasteiger partial charge in [-0.25, -0.2) is 4.79 Å². The average molecular weight is 239 g/mol. The minimum atomic E-state index is -0.572. The van der Waals surface area contributed by atoms with Gasteiger partial charge in [0.1, 0.15) is 0 Å². The number of esters is 1. The minimum absolute atomic E-state index is 0.0480. The Morgan fingerprint density at radius 2 is 2.53 bits per heavy atom. The molecule has 2 rings (SSSR count). The summed E-state index contributed by atoms with van der Waals surface area (Å²) in [4.78, 5) is 24.6. The molecule has 1 fully saturated rings. The number of carbonyl (C=O) groups excluding carboxylic acids is 2. The normalized spacial score (nSPS) is 19.8. The van der Waals surface area contributed by atoms with Gasteiger partial charge in [-0.3, -0.25) is 9.89 Å². The minimum Gasteiger partial charge on any atom is -0.464 e. The fraction of sp³-hybridized carbons (Fsp3) is 0.500. The number of ether oxygens (including phenoxy) is 1. The molecule has 17 heavy (non-hydrogen) atoms. The van der Waals surface area contributed by atoms with Crippen LogP contribution in [-0.2, 0) is 9.53 Å². The highest BCUT2D eigenvalue weighted by Crippen LogP contribution is 2.26. The summed E-state index contributed by atoms with van der Waals surface area (Å²) in [5, 5.41) is 15.3. The van der Waals surface area contributed by atoms with Crippen molar-refractivity contribution in [3.63, 3.8) is 0 Å². The number of anilines is 1. The van der Waals surface area contributed by atoms with Crippen molar-refractivity contribution in [2.75, 3.05) is 25.2 Å². The van der Waals surface area contributed by atoms with Gasteiger partial charge in [-0.1, -0.05) is 0 Å². The first kappa shape index (κ1) is 11.6. The molecule has 1 aromatic rings. The molecule has 2 heterocycles. The van der Waals surface area contributed by atoms with Crippen molar-refractivity contribution in [1.29, 1.82) is 0 Å². The van der Waals surface area contributed by atoms with Gasteiger partial charge in [0.05, 0.1) is 19.0 Å². The number of methoxy groups -OCH3 is 1. The third-order valence-corrected chi connectivity index (χ3v) is 2.76. The van der Waals surface area contributed by atoms with Crippen LogP contribution >= 0.6 is 0 Å². The molecule has 1 aliphatic heterocycles. The van der Waals surface area contributed by atoms with Gasteiger partial charge >= 0.3 is 5.97 Å². The van der Waals surface area contributed by atoms with E-state index in [2.05, 4.69) is 14.9 Å². The Morgan fingerprint density at radius 1 is 1.76 bits per heavy atom. The third-order valence-electron chi connectivity index (χ3n) is 2.76. The van der Waals surface area contributed by atoms with Crippen LogP contribution < -0.4 is 4.90 Å². The standard InChI is InChI=1S/C10H13N3O4/c1-17-10(16)9-7(3-11-12-9)13-4-6(5-14)2-8(13)15/h3,6,14H,2,4-5H2,1H3,(H,11,12). The van der Waals surface area contributed by atoms with Crippen LogP contribution in [0.15, 0.2) is 6.20 Å². The molecular formula is C10H13N3O4. The molecule has 7 nitrogen and oxygen atoms in total. The Hall–Kier alpha value is -1.89. The van der Waals surface area contributed by atoms with Crippen molar-refractivity contribution >= 4 is 17.6 Å². The Balaban J connectivity index is 2.26. The van der Waals surface area contributed by atoms with Gasteiger partial charge in [0, 0.05) is 25.5 Å². The predicted octanol–water partition coefficient (Wildman–Crippen LogP) is -0.459. The van der Waals surface area contributed by atoms with E-state index < -0.39 is 5.97 Å². The maximum atomic E-state index is 11.7. The number of carbonyl (C=O) groups is 2. The number of aliphatic hydroxyl groups excluding tert-OH is 1. The smallest absolute Gasteiger partial charge is 0.358 e. The highest BCUT2D eigenvalue weighted by Gasteiger charge is 2.33. The van der Waals surface area contributed by atoms with E-state index in [1.54, 1.807) is 0 Å². The topological polar surface area (TPSA) is 95.5 Å². The molecule has 0 aromatic carbocycles. The lowest BCUT2D eigenvalue weighted by molar-refractivity contribution is -0.117. The number of nitrogens with one attached hydrogen (secondary N) is 1. The van der Waals surface area contributed by atoms with E-state index in [0.29, 0.717) is 12.2 Å². The van der Waals surface area contributed by atoms with E-state index in [0.717, 1.165) is 0 Å². The molecular weight excluding hydrogens is 226 g/mol. The number of hydrogen-bond acceptors (Lipinski definition) is 5. The lowest BCUT2D eigenvalue weighted by Gasteiger charge is -2.15. The van der Waals surface area contributed by atoms with Crippen LogP contribution in [0.1, 0.15) is 16.9 Å². The number of aliphatic hydroxyl groups is 1. The Bertz CT molecular complexity index is 443. The lowest BCUT2D eigenvalue weighted by Crippen LogP contribution is -2.26. The summed E-state index contributed by atoms with van der Waals surface area (Å²) in [7, 11) is 1.26. The third kappa shape index (κ3) is 2.01. The molecule has 0 spiro atoms. The second kappa shape index (κ2) is 4.54. The second-order valence-corrected chi connectivity index (χ2v) is 3.88. The summed E-state index contributed by atoms with van der Waals surface area (Å²) < 4.78 is 4.59. The van der Waals surface area contributed by atoms with Crippen LogP contribution in [0, 0.1) is 5.92 Å². The van der Waals surface area contributed by atoms with E-state index in [9.17, 15) is 9.59 Å². The molecule has 1 aromatic heterocycles. The van der Waals surface area contributed by atoms with Crippen molar-refractivity contribution in [1.82, 2.24) is 10.2 Å². The van der Waals surface area contributed by atoms with Crippen molar-refractivity contribution in [2.45, 2.75) is 6.42 Å². The quantitative estimate of drug-likeness (QED) is 0.696. The number of nitrogens with zero attached hydrogens (tertiary/aromatic N) is 2. The van der Waals surface area contributed by atoms with Crippen molar-refractivity contribution < 1.29 is 19.4 Å². The van der Waals surface area contributed by atoms with E-state index >= 15 is 0 Å². The first-order valence-corrected chi connectivity index (χ1v) is 5.20. The van der Waals surface area contributed by atoms with Gasteiger partial charge in [-0.15, -0.1) is 0 Å². The number of aromatic amines is 1. The van der Waals surface area contributed by atoms with E-state index in [-0.39, 0.29) is 30.5 Å². The fourth-order valence-corrected chi connectivity index (χ4v) is 1.87. The monoisotopic (exact) mass is 239 g/mol. The maximum Gasteiger partial charge on any atom is 0.358 e. The number of aromatic nitrogens is 2. The van der Waals surface area contributed by atoms with Crippen LogP contribution in [0.25, 0.3) is 0 Å². The molecule has 1 unspecified atom stereocenters. The van der Waals surface area contributed by atoms with Crippen LogP contribution in [-0.4, -0.2) is 47.4 Å². The van der Waals surface area contributed by atoms with Gasteiger partial charge < -0.3 is 14.7 Å². The van der Waals surface area contributed by atoms with E-state index in [1.165, 1.54) is 18.2 Å². The highest BCUT2D eigenvalue weighted by molar-refractivity contribution is 6.02. The van der Waals surface area contributed by atoms with E-state index in [1.807, 2.05) is 0 Å². The molecule has 1 amide bonds. The van der Waals surface area contributed by atoms with Crippen LogP contribution in [0.2, 0.25) is 0 Å². The zero-order chi connectivity index (χ0) is 12.4. The molecule has 0 radical (unpaired) electrons. The molecule has 0 saturated carbocycles. The van der Waals surface area contributed by atoms with Crippen molar-refractivity contribution in [3.05, 3.63) is 11.9 Å². The second-order valence-electron chi connectivity index (χ2n) is 3.88. The Kier molecular flexibility index (Phi) is 3.10. The highest BCUT2D eigenvalue weighted by atomic mass is 16.5. The van der Waals surface area contributed by atoms with Crippen LogP contribution in [0.4, 0.5) is 5.69 Å².